The van der Waals surface area contributed by atoms with Crippen LogP contribution in [0.15, 0.2) is 42.5 Å². The van der Waals surface area contributed by atoms with Gasteiger partial charge in [0.25, 0.3) is 0 Å². The summed E-state index contributed by atoms with van der Waals surface area (Å²) >= 11 is 5.95. The molecule has 0 fully saturated rings. The van der Waals surface area contributed by atoms with Crippen LogP contribution >= 0.6 is 11.6 Å². The van der Waals surface area contributed by atoms with E-state index in [1.165, 1.54) is 23.3 Å². The fourth-order valence-electron chi connectivity index (χ4n) is 2.84. The number of fused-ring (bicyclic) bond motifs is 1. The maximum atomic E-state index is 13.5. The molecule has 4 heteroatoms. The fourth-order valence-corrected chi connectivity index (χ4v) is 3.07. The van der Waals surface area contributed by atoms with E-state index >= 15 is 0 Å². The first kappa shape index (κ1) is 13.6. The van der Waals surface area contributed by atoms with Crippen LogP contribution in [0, 0.1) is 5.82 Å². The number of benzene rings is 2. The molecule has 1 unspecified atom stereocenters. The second-order valence-corrected chi connectivity index (χ2v) is 5.56. The van der Waals surface area contributed by atoms with Crippen molar-refractivity contribution in [1.82, 2.24) is 4.90 Å². The average Bonchev–Trinajstić information content (AvgIpc) is 2.81. The summed E-state index contributed by atoms with van der Waals surface area (Å²) in [6, 6.07) is 12.9. The number of rotatable bonds is 3. The van der Waals surface area contributed by atoms with Gasteiger partial charge in [0.05, 0.1) is 0 Å². The monoisotopic (exact) mass is 290 g/mol. The molecule has 1 heterocycles. The van der Waals surface area contributed by atoms with Crippen LogP contribution in [0.1, 0.15) is 22.7 Å². The first-order valence-corrected chi connectivity index (χ1v) is 7.02. The van der Waals surface area contributed by atoms with Crippen LogP contribution in [-0.4, -0.2) is 11.4 Å². The van der Waals surface area contributed by atoms with Crippen molar-refractivity contribution < 1.29 is 4.39 Å². The second-order valence-electron chi connectivity index (χ2n) is 5.13. The van der Waals surface area contributed by atoms with Crippen molar-refractivity contribution in [3.63, 3.8) is 0 Å². The molecular weight excluding hydrogens is 275 g/mol. The second kappa shape index (κ2) is 5.52. The molecule has 3 rings (SSSR count). The number of hydrogen-bond acceptors (Lipinski definition) is 2. The lowest BCUT2D eigenvalue weighted by Gasteiger charge is -2.26. The molecule has 0 aromatic heterocycles. The Balaban J connectivity index is 1.88. The average molecular weight is 291 g/mol. The summed E-state index contributed by atoms with van der Waals surface area (Å²) in [7, 11) is 0. The van der Waals surface area contributed by atoms with E-state index in [1.54, 1.807) is 6.07 Å². The molecule has 0 amide bonds. The van der Waals surface area contributed by atoms with Gasteiger partial charge in [0.1, 0.15) is 5.82 Å². The van der Waals surface area contributed by atoms with Crippen molar-refractivity contribution in [3.05, 3.63) is 70.0 Å². The third kappa shape index (κ3) is 2.57. The van der Waals surface area contributed by atoms with Crippen molar-refractivity contribution in [1.29, 1.82) is 0 Å². The van der Waals surface area contributed by atoms with Gasteiger partial charge in [-0.1, -0.05) is 35.9 Å². The molecule has 0 saturated carbocycles. The highest BCUT2D eigenvalue weighted by Crippen LogP contribution is 2.32. The minimum atomic E-state index is -0.317. The molecule has 2 nitrogen and oxygen atoms in total. The molecule has 0 aliphatic carbocycles. The summed E-state index contributed by atoms with van der Waals surface area (Å²) in [4.78, 5) is 2.26. The molecule has 1 aliphatic rings. The summed E-state index contributed by atoms with van der Waals surface area (Å²) in [5.74, 6) is -0.317. The Bertz CT molecular complexity index is 584. The van der Waals surface area contributed by atoms with E-state index in [1.807, 2.05) is 12.1 Å². The quantitative estimate of drug-likeness (QED) is 0.937. The van der Waals surface area contributed by atoms with Gasteiger partial charge in [-0.05, 0) is 34.9 Å². The zero-order valence-corrected chi connectivity index (χ0v) is 11.8. The lowest BCUT2D eigenvalue weighted by atomic mass is 10.1. The topological polar surface area (TPSA) is 29.3 Å². The molecule has 0 spiro atoms. The predicted octanol–water partition coefficient (Wildman–Crippen LogP) is 3.49. The lowest BCUT2D eigenvalue weighted by molar-refractivity contribution is 0.205. The summed E-state index contributed by atoms with van der Waals surface area (Å²) in [5.41, 5.74) is 9.38. The molecule has 104 valence electrons. The number of nitrogens with two attached hydrogens (primary N) is 1. The van der Waals surface area contributed by atoms with E-state index < -0.39 is 0 Å². The highest BCUT2D eigenvalue weighted by atomic mass is 35.5. The zero-order valence-electron chi connectivity index (χ0n) is 11.0. The summed E-state index contributed by atoms with van der Waals surface area (Å²) in [6.45, 7) is 2.12. The van der Waals surface area contributed by atoms with Gasteiger partial charge in [0.15, 0.2) is 0 Å². The van der Waals surface area contributed by atoms with Crippen molar-refractivity contribution in [2.45, 2.75) is 19.1 Å². The third-order valence-electron chi connectivity index (χ3n) is 3.80. The summed E-state index contributed by atoms with van der Waals surface area (Å²) in [5, 5.41) is 0.412. The smallest absolute Gasteiger partial charge is 0.125 e. The molecule has 20 heavy (non-hydrogen) atoms. The van der Waals surface area contributed by atoms with Gasteiger partial charge in [-0.25, -0.2) is 4.39 Å². The van der Waals surface area contributed by atoms with Crippen LogP contribution in [0.25, 0.3) is 0 Å². The first-order chi connectivity index (χ1) is 9.67. The molecule has 1 atom stereocenters. The van der Waals surface area contributed by atoms with Crippen LogP contribution in [0.4, 0.5) is 4.39 Å². The Morgan fingerprint density at radius 1 is 1.15 bits per heavy atom. The molecule has 0 saturated heterocycles. The zero-order chi connectivity index (χ0) is 14.1. The minimum absolute atomic E-state index is 0.0180. The van der Waals surface area contributed by atoms with Crippen molar-refractivity contribution in [2.24, 2.45) is 5.73 Å². The fraction of sp³-hybridized carbons (Fsp3) is 0.250. The van der Waals surface area contributed by atoms with Gasteiger partial charge >= 0.3 is 0 Å². The Morgan fingerprint density at radius 3 is 2.35 bits per heavy atom. The van der Waals surface area contributed by atoms with Gasteiger partial charge in [-0.3, -0.25) is 4.90 Å². The molecule has 2 aromatic carbocycles. The van der Waals surface area contributed by atoms with E-state index in [-0.39, 0.29) is 11.9 Å². The normalized spacial score (nSPS) is 16.1. The Labute approximate surface area is 123 Å². The van der Waals surface area contributed by atoms with Crippen molar-refractivity contribution in [2.75, 3.05) is 6.54 Å². The van der Waals surface area contributed by atoms with Gasteiger partial charge in [0.2, 0.25) is 0 Å². The van der Waals surface area contributed by atoms with E-state index in [4.69, 9.17) is 17.3 Å². The van der Waals surface area contributed by atoms with Gasteiger partial charge < -0.3 is 5.73 Å². The van der Waals surface area contributed by atoms with Crippen LogP contribution < -0.4 is 5.73 Å². The Kier molecular flexibility index (Phi) is 3.74. The van der Waals surface area contributed by atoms with E-state index in [0.717, 1.165) is 18.7 Å². The van der Waals surface area contributed by atoms with Gasteiger partial charge in [-0.2, -0.15) is 0 Å². The Morgan fingerprint density at radius 2 is 1.80 bits per heavy atom. The number of nitrogens with zero attached hydrogens (tertiary/aromatic N) is 1. The molecule has 1 aliphatic heterocycles. The van der Waals surface area contributed by atoms with E-state index in [2.05, 4.69) is 17.0 Å². The molecular formula is C16H16ClFN2. The van der Waals surface area contributed by atoms with Crippen LogP contribution in [0.3, 0.4) is 0 Å². The van der Waals surface area contributed by atoms with E-state index in [0.29, 0.717) is 11.6 Å². The number of halogens is 2. The van der Waals surface area contributed by atoms with Crippen molar-refractivity contribution in [3.8, 4) is 0 Å². The van der Waals surface area contributed by atoms with Gasteiger partial charge in [0, 0.05) is 30.7 Å². The summed E-state index contributed by atoms with van der Waals surface area (Å²) < 4.78 is 13.5. The molecule has 0 radical (unpaired) electrons. The largest absolute Gasteiger partial charge is 0.329 e. The van der Waals surface area contributed by atoms with Crippen LogP contribution in [0.2, 0.25) is 5.02 Å². The molecule has 2 N–H and O–H groups in total. The maximum Gasteiger partial charge on any atom is 0.125 e. The summed E-state index contributed by atoms with van der Waals surface area (Å²) in [6.07, 6.45) is 0. The highest BCUT2D eigenvalue weighted by molar-refractivity contribution is 6.30. The minimum Gasteiger partial charge on any atom is -0.329 e. The van der Waals surface area contributed by atoms with Crippen molar-refractivity contribution >= 4 is 11.6 Å². The first-order valence-electron chi connectivity index (χ1n) is 6.64. The Hall–Kier alpha value is -1.42. The predicted molar refractivity (Wildman–Crippen MR) is 78.9 cm³/mol. The van der Waals surface area contributed by atoms with E-state index in [9.17, 15) is 4.39 Å². The maximum absolute atomic E-state index is 13.5. The molecule has 2 aromatic rings. The standard InChI is InChI=1S/C16H16ClFN2/c17-14-5-13(6-15(18)7-14)16(8-19)20-9-11-3-1-2-4-12(11)10-20/h1-7,16H,8-10,19H2. The van der Waals surface area contributed by atoms with Crippen LogP contribution in [0.5, 0.6) is 0 Å². The lowest BCUT2D eigenvalue weighted by Crippen LogP contribution is -2.29. The highest BCUT2D eigenvalue weighted by Gasteiger charge is 2.26. The van der Waals surface area contributed by atoms with Crippen LogP contribution in [-0.2, 0) is 13.1 Å². The SMILES string of the molecule is NCC(c1cc(F)cc(Cl)c1)N1Cc2ccccc2C1. The number of hydrogen-bond donors (Lipinski definition) is 1. The van der Waals surface area contributed by atoms with Gasteiger partial charge in [-0.15, -0.1) is 0 Å². The molecule has 0 bridgehead atoms. The third-order valence-corrected chi connectivity index (χ3v) is 4.02.